The van der Waals surface area contributed by atoms with Crippen LogP contribution in [-0.4, -0.2) is 12.6 Å². The second kappa shape index (κ2) is 2.87. The Morgan fingerprint density at radius 2 is 2.56 bits per heavy atom. The van der Waals surface area contributed by atoms with E-state index in [-0.39, 0.29) is 6.04 Å². The van der Waals surface area contributed by atoms with Gasteiger partial charge in [-0.15, -0.1) is 0 Å². The Morgan fingerprint density at radius 3 is 2.89 bits per heavy atom. The Labute approximate surface area is 55.7 Å². The topological polar surface area (TPSA) is 35.2 Å². The lowest BCUT2D eigenvalue weighted by Crippen LogP contribution is -2.20. The van der Waals surface area contributed by atoms with Gasteiger partial charge in [0.15, 0.2) is 0 Å². The number of rotatable bonds is 1. The molecule has 0 spiro atoms. The second-order valence-electron chi connectivity index (χ2n) is 2.46. The summed E-state index contributed by atoms with van der Waals surface area (Å²) in [6.45, 7) is 2.84. The summed E-state index contributed by atoms with van der Waals surface area (Å²) in [7, 11) is 0. The van der Waals surface area contributed by atoms with Crippen LogP contribution in [0.1, 0.15) is 19.8 Å². The van der Waals surface area contributed by atoms with Crippen molar-refractivity contribution in [3.8, 4) is 0 Å². The first-order chi connectivity index (χ1) is 4.30. The molecular weight excluding hydrogens is 114 g/mol. The highest BCUT2D eigenvalue weighted by Gasteiger charge is 2.07. The lowest BCUT2D eigenvalue weighted by molar-refractivity contribution is 0.222. The summed E-state index contributed by atoms with van der Waals surface area (Å²) in [5.74, 6) is 0. The number of ether oxygens (including phenoxy) is 1. The maximum absolute atomic E-state index is 5.62. The Kier molecular flexibility index (Phi) is 2.11. The van der Waals surface area contributed by atoms with E-state index in [1.54, 1.807) is 6.26 Å². The monoisotopic (exact) mass is 127 g/mol. The van der Waals surface area contributed by atoms with Crippen molar-refractivity contribution in [1.82, 2.24) is 0 Å². The molecule has 0 saturated heterocycles. The molecule has 0 fully saturated rings. The zero-order valence-electron chi connectivity index (χ0n) is 5.76. The summed E-state index contributed by atoms with van der Waals surface area (Å²) in [6, 6.07) is 0.172. The van der Waals surface area contributed by atoms with Gasteiger partial charge in [-0.2, -0.15) is 0 Å². The van der Waals surface area contributed by atoms with E-state index < -0.39 is 0 Å². The van der Waals surface area contributed by atoms with Gasteiger partial charge < -0.3 is 10.5 Å². The molecule has 0 radical (unpaired) electrons. The van der Waals surface area contributed by atoms with Gasteiger partial charge >= 0.3 is 0 Å². The third-order valence-electron chi connectivity index (χ3n) is 1.55. The summed E-state index contributed by atoms with van der Waals surface area (Å²) < 4.78 is 5.10. The first kappa shape index (κ1) is 6.62. The minimum atomic E-state index is 0.172. The molecule has 9 heavy (non-hydrogen) atoms. The first-order valence-corrected chi connectivity index (χ1v) is 3.37. The van der Waals surface area contributed by atoms with Crippen molar-refractivity contribution in [2.75, 3.05) is 6.61 Å². The predicted molar refractivity (Wildman–Crippen MR) is 36.9 cm³/mol. The zero-order valence-corrected chi connectivity index (χ0v) is 5.76. The van der Waals surface area contributed by atoms with Crippen LogP contribution in [0.25, 0.3) is 0 Å². The lowest BCUT2D eigenvalue weighted by atomic mass is 10.1. The molecule has 0 aromatic rings. The number of hydrogen-bond acceptors (Lipinski definition) is 2. The molecule has 0 aromatic carbocycles. The van der Waals surface area contributed by atoms with Crippen LogP contribution in [-0.2, 0) is 4.74 Å². The molecule has 1 aliphatic rings. The van der Waals surface area contributed by atoms with Crippen molar-refractivity contribution >= 4 is 0 Å². The molecule has 52 valence electrons. The smallest absolute Gasteiger partial charge is 0.0876 e. The minimum absolute atomic E-state index is 0.172. The van der Waals surface area contributed by atoms with Crippen LogP contribution in [0.4, 0.5) is 0 Å². The van der Waals surface area contributed by atoms with Crippen LogP contribution in [0.2, 0.25) is 0 Å². The fourth-order valence-corrected chi connectivity index (χ4v) is 0.920. The maximum Gasteiger partial charge on any atom is 0.0876 e. The number of hydrogen-bond donors (Lipinski definition) is 1. The van der Waals surface area contributed by atoms with Crippen molar-refractivity contribution in [1.29, 1.82) is 0 Å². The van der Waals surface area contributed by atoms with E-state index in [1.165, 1.54) is 5.57 Å². The Morgan fingerprint density at radius 1 is 1.78 bits per heavy atom. The van der Waals surface area contributed by atoms with E-state index in [4.69, 9.17) is 10.5 Å². The standard InChI is InChI=1S/C7H13NO/c1-6(8)7-3-2-4-9-5-7/h5-6H,2-4,8H2,1H3/t6-/m0/s1. The van der Waals surface area contributed by atoms with Crippen molar-refractivity contribution in [3.63, 3.8) is 0 Å². The highest BCUT2D eigenvalue weighted by atomic mass is 16.5. The quantitative estimate of drug-likeness (QED) is 0.571. The highest BCUT2D eigenvalue weighted by molar-refractivity contribution is 5.06. The van der Waals surface area contributed by atoms with Crippen LogP contribution in [0.3, 0.4) is 0 Å². The number of nitrogens with two attached hydrogens (primary N) is 1. The Balaban J connectivity index is 2.46. The van der Waals surface area contributed by atoms with Gasteiger partial charge in [-0.05, 0) is 25.3 Å². The molecule has 1 aliphatic heterocycles. The lowest BCUT2D eigenvalue weighted by Gasteiger charge is -2.15. The molecule has 2 heteroatoms. The van der Waals surface area contributed by atoms with E-state index in [0.29, 0.717) is 0 Å². The van der Waals surface area contributed by atoms with E-state index in [2.05, 4.69) is 0 Å². The van der Waals surface area contributed by atoms with Crippen LogP contribution < -0.4 is 5.73 Å². The van der Waals surface area contributed by atoms with Crippen molar-refractivity contribution in [2.45, 2.75) is 25.8 Å². The van der Waals surface area contributed by atoms with Gasteiger partial charge in [-0.3, -0.25) is 0 Å². The fraction of sp³-hybridized carbons (Fsp3) is 0.714. The third-order valence-corrected chi connectivity index (χ3v) is 1.55. The molecule has 0 bridgehead atoms. The van der Waals surface area contributed by atoms with Crippen LogP contribution in [0.15, 0.2) is 11.8 Å². The largest absolute Gasteiger partial charge is 0.501 e. The zero-order chi connectivity index (χ0) is 6.69. The van der Waals surface area contributed by atoms with E-state index >= 15 is 0 Å². The van der Waals surface area contributed by atoms with Crippen LogP contribution in [0, 0.1) is 0 Å². The van der Waals surface area contributed by atoms with Crippen LogP contribution in [0.5, 0.6) is 0 Å². The summed E-state index contributed by atoms with van der Waals surface area (Å²) in [6.07, 6.45) is 4.03. The van der Waals surface area contributed by atoms with Gasteiger partial charge in [0, 0.05) is 6.04 Å². The first-order valence-electron chi connectivity index (χ1n) is 3.37. The molecule has 1 rings (SSSR count). The molecule has 0 saturated carbocycles. The summed E-state index contributed by atoms with van der Waals surface area (Å²) in [5, 5.41) is 0. The maximum atomic E-state index is 5.62. The van der Waals surface area contributed by atoms with Gasteiger partial charge in [-0.25, -0.2) is 0 Å². The molecule has 0 aliphatic carbocycles. The normalized spacial score (nSPS) is 22.2. The van der Waals surface area contributed by atoms with Crippen molar-refractivity contribution in [2.24, 2.45) is 5.73 Å². The van der Waals surface area contributed by atoms with Gasteiger partial charge in [0.1, 0.15) is 0 Å². The predicted octanol–water partition coefficient (Wildman–Crippen LogP) is 1.03. The second-order valence-corrected chi connectivity index (χ2v) is 2.46. The van der Waals surface area contributed by atoms with Gasteiger partial charge in [0.2, 0.25) is 0 Å². The average Bonchev–Trinajstić information content (AvgIpc) is 1.90. The van der Waals surface area contributed by atoms with E-state index in [0.717, 1.165) is 19.4 Å². The molecule has 0 unspecified atom stereocenters. The van der Waals surface area contributed by atoms with Crippen molar-refractivity contribution < 1.29 is 4.74 Å². The van der Waals surface area contributed by atoms with Gasteiger partial charge in [-0.1, -0.05) is 0 Å². The molecule has 2 N–H and O–H groups in total. The molecule has 2 nitrogen and oxygen atoms in total. The minimum Gasteiger partial charge on any atom is -0.501 e. The molecule has 1 heterocycles. The summed E-state index contributed by atoms with van der Waals surface area (Å²) >= 11 is 0. The molecule has 0 aromatic heterocycles. The van der Waals surface area contributed by atoms with Gasteiger partial charge in [0.05, 0.1) is 12.9 Å². The van der Waals surface area contributed by atoms with Crippen LogP contribution >= 0.6 is 0 Å². The summed E-state index contributed by atoms with van der Waals surface area (Å²) in [4.78, 5) is 0. The van der Waals surface area contributed by atoms with Crippen molar-refractivity contribution in [3.05, 3.63) is 11.8 Å². The Hall–Kier alpha value is -0.500. The third kappa shape index (κ3) is 1.72. The van der Waals surface area contributed by atoms with E-state index in [9.17, 15) is 0 Å². The molecular formula is C7H13NO. The average molecular weight is 127 g/mol. The SMILES string of the molecule is C[C@H](N)C1=COCCC1. The molecule has 1 atom stereocenters. The van der Waals surface area contributed by atoms with E-state index in [1.807, 2.05) is 6.92 Å². The molecule has 0 amide bonds. The highest BCUT2D eigenvalue weighted by Crippen LogP contribution is 2.13. The fourth-order valence-electron chi connectivity index (χ4n) is 0.920. The summed E-state index contributed by atoms with van der Waals surface area (Å²) in [5.41, 5.74) is 6.86. The van der Waals surface area contributed by atoms with Gasteiger partial charge in [0.25, 0.3) is 0 Å². The Bertz CT molecular complexity index is 118.